The molecule has 4 nitrogen and oxygen atoms in total. The Bertz CT molecular complexity index is 1120. The molecule has 1 aliphatic carbocycles. The number of ketones is 1. The summed E-state index contributed by atoms with van der Waals surface area (Å²) in [6.45, 7) is 6.70. The third-order valence-corrected chi connectivity index (χ3v) is 7.07. The summed E-state index contributed by atoms with van der Waals surface area (Å²) < 4.78 is 5.51. The Hall–Kier alpha value is -2.95. The van der Waals surface area contributed by atoms with Gasteiger partial charge in [-0.15, -0.1) is 0 Å². The van der Waals surface area contributed by atoms with Gasteiger partial charge in [0.15, 0.2) is 5.78 Å². The van der Waals surface area contributed by atoms with Gasteiger partial charge in [-0.05, 0) is 35.7 Å². The molecule has 0 bridgehead atoms. The molecular formula is C28H30N2O2. The second-order valence-corrected chi connectivity index (χ2v) is 9.00. The Morgan fingerprint density at radius 3 is 2.38 bits per heavy atom. The number of hydrogen-bond acceptors (Lipinski definition) is 4. The van der Waals surface area contributed by atoms with Crippen LogP contribution in [-0.4, -0.2) is 48.9 Å². The van der Waals surface area contributed by atoms with Crippen molar-refractivity contribution in [2.75, 3.05) is 33.3 Å². The van der Waals surface area contributed by atoms with Crippen LogP contribution in [0.15, 0.2) is 72.8 Å². The molecule has 164 valence electrons. The molecule has 3 aromatic rings. The zero-order valence-corrected chi connectivity index (χ0v) is 18.9. The number of aryl methyl sites for hydroxylation is 1. The number of carbonyl (C=O) groups excluding carboxylic acids is 1. The minimum absolute atomic E-state index is 0.216. The monoisotopic (exact) mass is 426 g/mol. The summed E-state index contributed by atoms with van der Waals surface area (Å²) in [4.78, 5) is 18.8. The summed E-state index contributed by atoms with van der Waals surface area (Å²) >= 11 is 0. The lowest BCUT2D eigenvalue weighted by Gasteiger charge is -2.45. The van der Waals surface area contributed by atoms with Crippen molar-refractivity contribution in [2.24, 2.45) is 0 Å². The van der Waals surface area contributed by atoms with Gasteiger partial charge in [0.05, 0.1) is 7.11 Å². The van der Waals surface area contributed by atoms with Crippen molar-refractivity contribution in [3.8, 4) is 5.75 Å². The zero-order chi connectivity index (χ0) is 22.1. The van der Waals surface area contributed by atoms with E-state index in [1.807, 2.05) is 36.4 Å². The third-order valence-electron chi connectivity index (χ3n) is 7.07. The maximum absolute atomic E-state index is 13.9. The van der Waals surface area contributed by atoms with E-state index in [4.69, 9.17) is 4.74 Å². The third kappa shape index (κ3) is 3.64. The maximum Gasteiger partial charge on any atom is 0.188 e. The van der Waals surface area contributed by atoms with Crippen molar-refractivity contribution in [3.05, 3.63) is 101 Å². The van der Waals surface area contributed by atoms with Gasteiger partial charge >= 0.3 is 0 Å². The highest BCUT2D eigenvalue weighted by Crippen LogP contribution is 2.43. The van der Waals surface area contributed by atoms with Crippen LogP contribution in [0.3, 0.4) is 0 Å². The first-order valence-electron chi connectivity index (χ1n) is 11.4. The average molecular weight is 427 g/mol. The van der Waals surface area contributed by atoms with Crippen molar-refractivity contribution in [3.63, 3.8) is 0 Å². The topological polar surface area (TPSA) is 32.8 Å². The van der Waals surface area contributed by atoms with E-state index in [0.29, 0.717) is 6.42 Å². The minimum Gasteiger partial charge on any atom is -0.497 e. The molecule has 0 N–H and O–H groups in total. The van der Waals surface area contributed by atoms with Crippen molar-refractivity contribution < 1.29 is 9.53 Å². The van der Waals surface area contributed by atoms with E-state index in [9.17, 15) is 4.79 Å². The smallest absolute Gasteiger partial charge is 0.188 e. The standard InChI is InChI=1S/C28H30N2O2/c1-21-10-12-22(13-11-21)20-29-14-16-30(17-15-29)28(24-7-5-8-25(18-24)32-2)19-23-6-3-4-9-26(23)27(28)31/h3-13,18H,14-17,19-20H2,1-2H3. The molecule has 0 saturated carbocycles. The number of carbonyl (C=O) groups is 1. The lowest BCUT2D eigenvalue weighted by Crippen LogP contribution is -2.58. The summed E-state index contributed by atoms with van der Waals surface area (Å²) in [5, 5.41) is 0. The van der Waals surface area contributed by atoms with Gasteiger partial charge in [0.1, 0.15) is 11.3 Å². The summed E-state index contributed by atoms with van der Waals surface area (Å²) in [7, 11) is 1.68. The Kier molecular flexibility index (Phi) is 5.58. The van der Waals surface area contributed by atoms with Crippen LogP contribution < -0.4 is 4.74 Å². The van der Waals surface area contributed by atoms with Crippen molar-refractivity contribution in [2.45, 2.75) is 25.4 Å². The van der Waals surface area contributed by atoms with Gasteiger partial charge in [-0.3, -0.25) is 14.6 Å². The van der Waals surface area contributed by atoms with Crippen molar-refractivity contribution in [1.29, 1.82) is 0 Å². The van der Waals surface area contributed by atoms with Crippen LogP contribution in [0, 0.1) is 6.92 Å². The van der Waals surface area contributed by atoms with Crippen LogP contribution in [0.2, 0.25) is 0 Å². The van der Waals surface area contributed by atoms with Crippen LogP contribution >= 0.6 is 0 Å². The van der Waals surface area contributed by atoms with Crippen molar-refractivity contribution in [1.82, 2.24) is 9.80 Å². The zero-order valence-electron chi connectivity index (χ0n) is 18.9. The molecule has 5 rings (SSSR count). The van der Waals surface area contributed by atoms with E-state index in [0.717, 1.165) is 55.2 Å². The fourth-order valence-electron chi connectivity index (χ4n) is 5.27. The molecule has 3 aromatic carbocycles. The fourth-order valence-corrected chi connectivity index (χ4v) is 5.27. The van der Waals surface area contributed by atoms with Gasteiger partial charge in [-0.1, -0.05) is 66.2 Å². The normalized spacial score (nSPS) is 21.5. The quantitative estimate of drug-likeness (QED) is 0.603. The summed E-state index contributed by atoms with van der Waals surface area (Å²) in [5.74, 6) is 1.01. The lowest BCUT2D eigenvalue weighted by molar-refractivity contribution is 0.0287. The lowest BCUT2D eigenvalue weighted by atomic mass is 9.83. The Morgan fingerprint density at radius 1 is 0.906 bits per heavy atom. The largest absolute Gasteiger partial charge is 0.497 e. The van der Waals surface area contributed by atoms with Gasteiger partial charge in [0.2, 0.25) is 0 Å². The Morgan fingerprint density at radius 2 is 1.66 bits per heavy atom. The predicted octanol–water partition coefficient (Wildman–Crippen LogP) is 4.46. The molecule has 0 spiro atoms. The number of Topliss-reactive ketones (excluding diaryl/α,β-unsaturated/α-hetero) is 1. The minimum atomic E-state index is -0.659. The van der Waals surface area contributed by atoms with Crippen molar-refractivity contribution >= 4 is 5.78 Å². The van der Waals surface area contributed by atoms with Crippen LogP contribution in [0.4, 0.5) is 0 Å². The highest BCUT2D eigenvalue weighted by molar-refractivity contribution is 6.08. The molecular weight excluding hydrogens is 396 g/mol. The SMILES string of the molecule is COc1cccc(C2(N3CCN(Cc4ccc(C)cc4)CC3)Cc3ccccc3C2=O)c1. The fraction of sp³-hybridized carbons (Fsp3) is 0.321. The second kappa shape index (κ2) is 8.53. The van der Waals surface area contributed by atoms with E-state index in [2.05, 4.69) is 53.1 Å². The molecule has 0 radical (unpaired) electrons. The summed E-state index contributed by atoms with van der Waals surface area (Å²) in [6, 6.07) is 25.0. The molecule has 4 heteroatoms. The number of rotatable bonds is 5. The Labute approximate surface area is 190 Å². The number of nitrogens with zero attached hydrogens (tertiary/aromatic N) is 2. The maximum atomic E-state index is 13.9. The van der Waals surface area contributed by atoms with E-state index >= 15 is 0 Å². The van der Waals surface area contributed by atoms with Gasteiger partial charge in [0, 0.05) is 44.7 Å². The number of benzene rings is 3. The predicted molar refractivity (Wildman–Crippen MR) is 127 cm³/mol. The van der Waals surface area contributed by atoms with E-state index in [-0.39, 0.29) is 5.78 Å². The first-order valence-corrected chi connectivity index (χ1v) is 11.4. The first-order chi connectivity index (χ1) is 15.6. The van der Waals surface area contributed by atoms with Crippen LogP contribution in [0.5, 0.6) is 5.75 Å². The number of hydrogen-bond donors (Lipinski definition) is 0. The molecule has 1 aliphatic heterocycles. The highest BCUT2D eigenvalue weighted by atomic mass is 16.5. The summed E-state index contributed by atoms with van der Waals surface area (Å²) in [5.41, 5.74) is 5.01. The molecule has 32 heavy (non-hydrogen) atoms. The average Bonchev–Trinajstić information content (AvgIpc) is 3.14. The molecule has 1 unspecified atom stereocenters. The van der Waals surface area contributed by atoms with Crippen LogP contribution in [-0.2, 0) is 18.5 Å². The number of methoxy groups -OCH3 is 1. The van der Waals surface area contributed by atoms with E-state index in [1.165, 1.54) is 11.1 Å². The van der Waals surface area contributed by atoms with Crippen LogP contribution in [0.1, 0.15) is 32.6 Å². The van der Waals surface area contributed by atoms with Gasteiger partial charge in [-0.2, -0.15) is 0 Å². The van der Waals surface area contributed by atoms with E-state index < -0.39 is 5.54 Å². The molecule has 1 saturated heterocycles. The molecule has 1 fully saturated rings. The molecule has 2 aliphatic rings. The van der Waals surface area contributed by atoms with Crippen LogP contribution in [0.25, 0.3) is 0 Å². The molecule has 0 amide bonds. The van der Waals surface area contributed by atoms with Gasteiger partial charge in [0.25, 0.3) is 0 Å². The molecule has 1 heterocycles. The first kappa shape index (κ1) is 20.9. The van der Waals surface area contributed by atoms with Gasteiger partial charge in [-0.25, -0.2) is 0 Å². The number of piperazine rings is 1. The Balaban J connectivity index is 1.42. The van der Waals surface area contributed by atoms with Gasteiger partial charge < -0.3 is 4.74 Å². The molecule has 0 aromatic heterocycles. The highest BCUT2D eigenvalue weighted by Gasteiger charge is 2.51. The molecule has 1 atom stereocenters. The number of ether oxygens (including phenoxy) is 1. The second-order valence-electron chi connectivity index (χ2n) is 9.00. The summed E-state index contributed by atoms with van der Waals surface area (Å²) in [6.07, 6.45) is 0.715. The number of fused-ring (bicyclic) bond motifs is 1. The van der Waals surface area contributed by atoms with E-state index in [1.54, 1.807) is 7.11 Å².